The average molecular weight is 301 g/mol. The maximum absolute atomic E-state index is 12.2. The fourth-order valence-electron chi connectivity index (χ4n) is 2.38. The normalized spacial score (nSPS) is 18.9. The first kappa shape index (κ1) is 17.3. The first-order valence-corrected chi connectivity index (χ1v) is 8.68. The highest BCUT2D eigenvalue weighted by Crippen LogP contribution is 2.18. The van der Waals surface area contributed by atoms with Crippen LogP contribution in [0.25, 0.3) is 0 Å². The van der Waals surface area contributed by atoms with Gasteiger partial charge in [0.1, 0.15) is 0 Å². The molecule has 0 aromatic carbocycles. The van der Waals surface area contributed by atoms with Crippen molar-refractivity contribution < 1.29 is 9.59 Å². The van der Waals surface area contributed by atoms with E-state index in [-0.39, 0.29) is 17.9 Å². The minimum absolute atomic E-state index is 0.0224. The molecule has 1 rings (SSSR count). The fraction of sp³-hybridized carbons (Fsp3) is 0.857. The molecule has 1 unspecified atom stereocenters. The molecule has 2 amide bonds. The molecule has 0 spiro atoms. The van der Waals surface area contributed by atoms with Gasteiger partial charge in [-0.3, -0.25) is 9.59 Å². The van der Waals surface area contributed by atoms with Crippen molar-refractivity contribution in [3.63, 3.8) is 0 Å². The predicted molar refractivity (Wildman–Crippen MR) is 83.6 cm³/mol. The third-order valence-corrected chi connectivity index (χ3v) is 4.58. The summed E-state index contributed by atoms with van der Waals surface area (Å²) in [6.07, 6.45) is 4.62. The number of hydrogen-bond acceptors (Lipinski definition) is 4. The Balaban J connectivity index is 2.40. The van der Waals surface area contributed by atoms with Crippen molar-refractivity contribution in [1.29, 1.82) is 0 Å². The van der Waals surface area contributed by atoms with Crippen molar-refractivity contribution in [3.8, 4) is 0 Å². The third kappa shape index (κ3) is 6.13. The number of thioether (sulfide) groups is 1. The molecule has 6 heteroatoms. The van der Waals surface area contributed by atoms with Crippen LogP contribution in [0.1, 0.15) is 39.0 Å². The van der Waals surface area contributed by atoms with Crippen LogP contribution in [0.3, 0.4) is 0 Å². The van der Waals surface area contributed by atoms with E-state index in [0.717, 1.165) is 38.0 Å². The summed E-state index contributed by atoms with van der Waals surface area (Å²) in [5.41, 5.74) is 5.35. The molecule has 5 nitrogen and oxygen atoms in total. The Morgan fingerprint density at radius 2 is 2.20 bits per heavy atom. The summed E-state index contributed by atoms with van der Waals surface area (Å²) in [5, 5.41) is 2.89. The minimum Gasteiger partial charge on any atom is -0.354 e. The zero-order chi connectivity index (χ0) is 14.8. The molecule has 3 N–H and O–H groups in total. The van der Waals surface area contributed by atoms with E-state index in [1.54, 1.807) is 11.8 Å². The van der Waals surface area contributed by atoms with E-state index in [9.17, 15) is 9.59 Å². The molecule has 0 aliphatic carbocycles. The topological polar surface area (TPSA) is 75.4 Å². The minimum atomic E-state index is -0.0224. The highest BCUT2D eigenvalue weighted by Gasteiger charge is 2.26. The lowest BCUT2D eigenvalue weighted by Crippen LogP contribution is -2.50. The van der Waals surface area contributed by atoms with Gasteiger partial charge >= 0.3 is 0 Å². The number of rotatable bonds is 8. The lowest BCUT2D eigenvalue weighted by molar-refractivity contribution is -0.132. The van der Waals surface area contributed by atoms with Crippen molar-refractivity contribution in [2.45, 2.75) is 45.1 Å². The zero-order valence-corrected chi connectivity index (χ0v) is 13.2. The first-order valence-electron chi connectivity index (χ1n) is 7.53. The first-order chi connectivity index (χ1) is 9.69. The predicted octanol–water partition coefficient (Wildman–Crippen LogP) is 0.976. The molecule has 116 valence electrons. The number of hydrogen-bond donors (Lipinski definition) is 2. The van der Waals surface area contributed by atoms with Crippen molar-refractivity contribution in [2.24, 2.45) is 5.73 Å². The molecule has 0 radical (unpaired) electrons. The summed E-state index contributed by atoms with van der Waals surface area (Å²) in [7, 11) is 0. The van der Waals surface area contributed by atoms with Gasteiger partial charge in [0.15, 0.2) is 0 Å². The Labute approximate surface area is 126 Å². The van der Waals surface area contributed by atoms with Gasteiger partial charge in [0.2, 0.25) is 11.8 Å². The molecule has 1 aliphatic heterocycles. The van der Waals surface area contributed by atoms with Crippen LogP contribution in [0.2, 0.25) is 0 Å². The largest absolute Gasteiger partial charge is 0.354 e. The summed E-state index contributed by atoms with van der Waals surface area (Å²) < 4.78 is 0. The van der Waals surface area contributed by atoms with E-state index in [1.807, 2.05) is 4.90 Å². The van der Waals surface area contributed by atoms with E-state index in [0.29, 0.717) is 25.3 Å². The zero-order valence-electron chi connectivity index (χ0n) is 12.4. The molecule has 20 heavy (non-hydrogen) atoms. The Morgan fingerprint density at radius 3 is 2.90 bits per heavy atom. The second-order valence-electron chi connectivity index (χ2n) is 5.13. The quantitative estimate of drug-likeness (QED) is 0.655. The number of carbonyl (C=O) groups is 2. The Bertz CT molecular complexity index is 313. The van der Waals surface area contributed by atoms with E-state index >= 15 is 0 Å². The van der Waals surface area contributed by atoms with Gasteiger partial charge in [-0.2, -0.15) is 11.8 Å². The van der Waals surface area contributed by atoms with E-state index in [4.69, 9.17) is 5.73 Å². The van der Waals surface area contributed by atoms with Crippen LogP contribution >= 0.6 is 11.8 Å². The smallest absolute Gasteiger partial charge is 0.232 e. The molecule has 1 atom stereocenters. The lowest BCUT2D eigenvalue weighted by atomic mass is 10.0. The van der Waals surface area contributed by atoms with Gasteiger partial charge in [-0.15, -0.1) is 0 Å². The van der Waals surface area contributed by atoms with Crippen LogP contribution in [0, 0.1) is 0 Å². The molecule has 1 fully saturated rings. The van der Waals surface area contributed by atoms with Gasteiger partial charge in [0.25, 0.3) is 0 Å². The number of amides is 2. The Kier molecular flexibility index (Phi) is 8.69. The lowest BCUT2D eigenvalue weighted by Gasteiger charge is -2.36. The summed E-state index contributed by atoms with van der Waals surface area (Å²) in [6.45, 7) is 3.87. The highest BCUT2D eigenvalue weighted by atomic mass is 32.2. The van der Waals surface area contributed by atoms with Gasteiger partial charge < -0.3 is 16.0 Å². The van der Waals surface area contributed by atoms with Crippen LogP contribution in [0.4, 0.5) is 0 Å². The average Bonchev–Trinajstić information content (AvgIpc) is 2.46. The molecule has 1 aliphatic rings. The van der Waals surface area contributed by atoms with Crippen LogP contribution in [-0.4, -0.2) is 53.9 Å². The van der Waals surface area contributed by atoms with Crippen LogP contribution in [0.5, 0.6) is 0 Å². The van der Waals surface area contributed by atoms with Crippen molar-refractivity contribution in [2.75, 3.05) is 31.1 Å². The molecule has 0 aromatic heterocycles. The van der Waals surface area contributed by atoms with Gasteiger partial charge in [-0.25, -0.2) is 0 Å². The van der Waals surface area contributed by atoms with Crippen molar-refractivity contribution in [1.82, 2.24) is 10.2 Å². The molecule has 0 bridgehead atoms. The van der Waals surface area contributed by atoms with E-state index in [1.165, 1.54) is 0 Å². The third-order valence-electron chi connectivity index (χ3n) is 3.43. The van der Waals surface area contributed by atoms with E-state index in [2.05, 4.69) is 12.2 Å². The van der Waals surface area contributed by atoms with Crippen molar-refractivity contribution >= 4 is 23.6 Å². The van der Waals surface area contributed by atoms with Crippen LogP contribution < -0.4 is 11.1 Å². The van der Waals surface area contributed by atoms with Gasteiger partial charge in [-0.05, 0) is 31.4 Å². The number of piperidine rings is 1. The maximum atomic E-state index is 12.2. The SMILES string of the molecule is CCCSCC(=O)N1CCCCC1CNC(=O)CCN. The summed E-state index contributed by atoms with van der Waals surface area (Å²) in [5.74, 6) is 1.77. The molecule has 1 saturated heterocycles. The number of nitrogens with two attached hydrogens (primary N) is 1. The van der Waals surface area contributed by atoms with Crippen LogP contribution in [-0.2, 0) is 9.59 Å². The number of carbonyl (C=O) groups excluding carboxylic acids is 2. The Morgan fingerprint density at radius 1 is 1.40 bits per heavy atom. The molecule has 0 saturated carbocycles. The molecular formula is C14H27N3O2S. The second kappa shape index (κ2) is 10.0. The number of nitrogens with zero attached hydrogens (tertiary/aromatic N) is 1. The van der Waals surface area contributed by atoms with Crippen molar-refractivity contribution in [3.05, 3.63) is 0 Å². The molecule has 1 heterocycles. The number of likely N-dealkylation sites (tertiary alicyclic amines) is 1. The van der Waals surface area contributed by atoms with Crippen LogP contribution in [0.15, 0.2) is 0 Å². The second-order valence-corrected chi connectivity index (χ2v) is 6.24. The van der Waals surface area contributed by atoms with E-state index < -0.39 is 0 Å². The number of nitrogens with one attached hydrogen (secondary N) is 1. The van der Waals surface area contributed by atoms with Gasteiger partial charge in [0, 0.05) is 32.1 Å². The van der Waals surface area contributed by atoms with Gasteiger partial charge in [-0.1, -0.05) is 6.92 Å². The summed E-state index contributed by atoms with van der Waals surface area (Å²) in [4.78, 5) is 25.7. The maximum Gasteiger partial charge on any atom is 0.232 e. The highest BCUT2D eigenvalue weighted by molar-refractivity contribution is 7.99. The summed E-state index contributed by atoms with van der Waals surface area (Å²) in [6, 6.07) is 0.153. The fourth-order valence-corrected chi connectivity index (χ4v) is 3.15. The van der Waals surface area contributed by atoms with Gasteiger partial charge in [0.05, 0.1) is 5.75 Å². The monoisotopic (exact) mass is 301 g/mol. The molecular weight excluding hydrogens is 274 g/mol. The molecule has 0 aromatic rings. The summed E-state index contributed by atoms with van der Waals surface area (Å²) >= 11 is 1.69. The Hall–Kier alpha value is -0.750. The standard InChI is InChI=1S/C14H27N3O2S/c1-2-9-20-11-14(19)17-8-4-3-5-12(17)10-16-13(18)6-7-15/h12H,2-11,15H2,1H3,(H,16,18).